The molecular weight excluding hydrogens is 384 g/mol. The van der Waals surface area contributed by atoms with Gasteiger partial charge in [0.2, 0.25) is 0 Å². The average Bonchev–Trinajstić information content (AvgIpc) is 3.32. The van der Waals surface area contributed by atoms with Crippen molar-refractivity contribution in [1.82, 2.24) is 10.2 Å². The van der Waals surface area contributed by atoms with Crippen LogP contribution in [0.15, 0.2) is 40.8 Å². The molecule has 156 valence electrons. The number of aromatic hydroxyl groups is 2. The van der Waals surface area contributed by atoms with Gasteiger partial charge in [0, 0.05) is 49.6 Å². The average molecular weight is 408 g/mol. The van der Waals surface area contributed by atoms with E-state index in [1.807, 2.05) is 0 Å². The topological polar surface area (TPSA) is 95.2 Å². The van der Waals surface area contributed by atoms with Crippen molar-refractivity contribution in [3.05, 3.63) is 47.5 Å². The molecule has 3 N–H and O–H groups in total. The summed E-state index contributed by atoms with van der Waals surface area (Å²) in [7, 11) is 1.57. The van der Waals surface area contributed by atoms with Crippen molar-refractivity contribution in [3.8, 4) is 22.8 Å². The summed E-state index contributed by atoms with van der Waals surface area (Å²) in [6.45, 7) is 3.02. The number of fused-ring (bicyclic) bond motifs is 1. The second-order valence-electron chi connectivity index (χ2n) is 8.11. The molecule has 1 aromatic heterocycles. The number of nitrogens with zero attached hydrogens (tertiary/aromatic N) is 1. The Morgan fingerprint density at radius 3 is 2.57 bits per heavy atom. The molecule has 3 heterocycles. The van der Waals surface area contributed by atoms with Gasteiger partial charge in [-0.05, 0) is 42.8 Å². The predicted molar refractivity (Wildman–Crippen MR) is 112 cm³/mol. The summed E-state index contributed by atoms with van der Waals surface area (Å²) >= 11 is 0. The molecule has 1 unspecified atom stereocenters. The zero-order valence-corrected chi connectivity index (χ0v) is 16.8. The molecule has 0 saturated carbocycles. The van der Waals surface area contributed by atoms with Gasteiger partial charge < -0.3 is 24.7 Å². The van der Waals surface area contributed by atoms with Crippen LogP contribution in [0.4, 0.5) is 0 Å². The number of carbonyl (C=O) groups excluding carboxylic acids is 1. The molecule has 2 aromatic carbocycles. The third-order valence-corrected chi connectivity index (χ3v) is 6.27. The first-order valence-corrected chi connectivity index (χ1v) is 10.1. The standard InChI is InChI=1S/C23H24N2O5/c1-24-22(28)20-19-16(12-25-10-8-23(13-25)9-11-29-23)17(27)6-7-18(19)30-21(20)14-2-4-15(26)5-3-14/h2-7,26-27H,8-13H2,1H3,(H,24,28). The lowest BCUT2D eigenvalue weighted by Gasteiger charge is -2.38. The maximum Gasteiger partial charge on any atom is 0.255 e. The molecule has 1 spiro atoms. The fourth-order valence-corrected chi connectivity index (χ4v) is 4.57. The minimum Gasteiger partial charge on any atom is -0.508 e. The van der Waals surface area contributed by atoms with Crippen molar-refractivity contribution in [2.45, 2.75) is 25.0 Å². The number of hydrogen-bond donors (Lipinski definition) is 3. The molecule has 2 fully saturated rings. The Morgan fingerprint density at radius 1 is 1.17 bits per heavy atom. The summed E-state index contributed by atoms with van der Waals surface area (Å²) in [5.74, 6) is 0.400. The first-order chi connectivity index (χ1) is 14.5. The lowest BCUT2D eigenvalue weighted by Crippen LogP contribution is -2.45. The number of phenols is 2. The van der Waals surface area contributed by atoms with Crippen LogP contribution in [-0.2, 0) is 11.3 Å². The molecule has 2 saturated heterocycles. The van der Waals surface area contributed by atoms with E-state index in [0.717, 1.165) is 32.5 Å². The van der Waals surface area contributed by atoms with Crippen LogP contribution in [0.25, 0.3) is 22.3 Å². The van der Waals surface area contributed by atoms with Gasteiger partial charge in [-0.1, -0.05) is 0 Å². The number of carbonyl (C=O) groups is 1. The van der Waals surface area contributed by atoms with E-state index in [0.29, 0.717) is 40.0 Å². The highest BCUT2D eigenvalue weighted by Gasteiger charge is 2.44. The zero-order valence-electron chi connectivity index (χ0n) is 16.8. The number of hydrogen-bond acceptors (Lipinski definition) is 6. The number of nitrogens with one attached hydrogen (secondary N) is 1. The molecule has 30 heavy (non-hydrogen) atoms. The summed E-state index contributed by atoms with van der Waals surface area (Å²) in [6.07, 6.45) is 2.05. The van der Waals surface area contributed by atoms with Gasteiger partial charge in [-0.15, -0.1) is 0 Å². The monoisotopic (exact) mass is 408 g/mol. The quantitative estimate of drug-likeness (QED) is 0.614. The predicted octanol–water partition coefficient (Wildman–Crippen LogP) is 3.24. The van der Waals surface area contributed by atoms with Crippen LogP contribution in [0.2, 0.25) is 0 Å². The summed E-state index contributed by atoms with van der Waals surface area (Å²) in [4.78, 5) is 15.1. The van der Waals surface area contributed by atoms with Crippen LogP contribution in [0.1, 0.15) is 28.8 Å². The smallest absolute Gasteiger partial charge is 0.255 e. The summed E-state index contributed by atoms with van der Waals surface area (Å²) in [5.41, 5.74) is 2.24. The Labute approximate surface area is 173 Å². The van der Waals surface area contributed by atoms with Crippen molar-refractivity contribution in [1.29, 1.82) is 0 Å². The number of furan rings is 1. The second-order valence-corrected chi connectivity index (χ2v) is 8.11. The Morgan fingerprint density at radius 2 is 1.93 bits per heavy atom. The maximum atomic E-state index is 12.9. The highest BCUT2D eigenvalue weighted by molar-refractivity contribution is 6.12. The molecule has 3 aromatic rings. The van der Waals surface area contributed by atoms with Gasteiger partial charge in [0.25, 0.3) is 5.91 Å². The van der Waals surface area contributed by atoms with E-state index in [1.54, 1.807) is 43.4 Å². The first kappa shape index (κ1) is 19.0. The number of amides is 1. The molecule has 5 rings (SSSR count). The second kappa shape index (κ2) is 7.04. The summed E-state index contributed by atoms with van der Waals surface area (Å²) in [5, 5.41) is 23.6. The number of phenolic OH excluding ortho intramolecular Hbond substituents is 2. The van der Waals surface area contributed by atoms with E-state index >= 15 is 0 Å². The third-order valence-electron chi connectivity index (χ3n) is 6.27. The fourth-order valence-electron chi connectivity index (χ4n) is 4.57. The Bertz CT molecular complexity index is 1110. The lowest BCUT2D eigenvalue weighted by molar-refractivity contribution is -0.137. The van der Waals surface area contributed by atoms with Gasteiger partial charge in [-0.25, -0.2) is 0 Å². The highest BCUT2D eigenvalue weighted by Crippen LogP contribution is 2.41. The van der Waals surface area contributed by atoms with Crippen LogP contribution < -0.4 is 5.32 Å². The molecule has 0 radical (unpaired) electrons. The van der Waals surface area contributed by atoms with Crippen LogP contribution in [0.5, 0.6) is 11.5 Å². The van der Waals surface area contributed by atoms with Crippen molar-refractivity contribution in [2.24, 2.45) is 0 Å². The third kappa shape index (κ3) is 3.02. The van der Waals surface area contributed by atoms with Crippen LogP contribution >= 0.6 is 0 Å². The van der Waals surface area contributed by atoms with Crippen molar-refractivity contribution < 1.29 is 24.2 Å². The molecule has 1 amide bonds. The van der Waals surface area contributed by atoms with Gasteiger partial charge in [0.1, 0.15) is 22.8 Å². The van der Waals surface area contributed by atoms with E-state index in [-0.39, 0.29) is 23.0 Å². The number of rotatable bonds is 4. The Kier molecular flexibility index (Phi) is 4.45. The molecule has 0 aliphatic carbocycles. The molecular formula is C23H24N2O5. The van der Waals surface area contributed by atoms with Crippen LogP contribution in [0.3, 0.4) is 0 Å². The summed E-state index contributed by atoms with van der Waals surface area (Å²) in [6, 6.07) is 9.81. The van der Waals surface area contributed by atoms with Crippen molar-refractivity contribution in [2.75, 3.05) is 26.7 Å². The Hall–Kier alpha value is -3.03. The molecule has 7 nitrogen and oxygen atoms in total. The van der Waals surface area contributed by atoms with Gasteiger partial charge in [0.05, 0.1) is 17.8 Å². The van der Waals surface area contributed by atoms with Gasteiger partial charge in [-0.3, -0.25) is 9.69 Å². The number of benzene rings is 2. The molecule has 0 bridgehead atoms. The van der Waals surface area contributed by atoms with Gasteiger partial charge in [-0.2, -0.15) is 0 Å². The first-order valence-electron chi connectivity index (χ1n) is 10.1. The minimum atomic E-state index is -0.288. The van der Waals surface area contributed by atoms with Crippen LogP contribution in [-0.4, -0.2) is 53.4 Å². The van der Waals surface area contributed by atoms with E-state index in [9.17, 15) is 15.0 Å². The molecule has 2 aliphatic heterocycles. The highest BCUT2D eigenvalue weighted by atomic mass is 16.5. The molecule has 1 atom stereocenters. The normalized spacial score (nSPS) is 21.2. The van der Waals surface area contributed by atoms with E-state index in [1.165, 1.54) is 0 Å². The van der Waals surface area contributed by atoms with Gasteiger partial charge in [0.15, 0.2) is 0 Å². The fraction of sp³-hybridized carbons (Fsp3) is 0.348. The Balaban J connectivity index is 1.62. The molecule has 7 heteroatoms. The van der Waals surface area contributed by atoms with Gasteiger partial charge >= 0.3 is 0 Å². The van der Waals surface area contributed by atoms with Crippen LogP contribution in [0, 0.1) is 0 Å². The van der Waals surface area contributed by atoms with Crippen molar-refractivity contribution >= 4 is 16.9 Å². The number of likely N-dealkylation sites (tertiary alicyclic amines) is 1. The number of ether oxygens (including phenoxy) is 1. The largest absolute Gasteiger partial charge is 0.508 e. The van der Waals surface area contributed by atoms with E-state index < -0.39 is 0 Å². The summed E-state index contributed by atoms with van der Waals surface area (Å²) < 4.78 is 11.9. The maximum absolute atomic E-state index is 12.9. The minimum absolute atomic E-state index is 0.0409. The van der Waals surface area contributed by atoms with E-state index in [2.05, 4.69) is 10.2 Å². The lowest BCUT2D eigenvalue weighted by atomic mass is 9.94. The van der Waals surface area contributed by atoms with E-state index in [4.69, 9.17) is 9.15 Å². The molecule has 2 aliphatic rings. The zero-order chi connectivity index (χ0) is 20.9. The SMILES string of the molecule is CNC(=O)c1c(-c2ccc(O)cc2)oc2ccc(O)c(CN3CCC4(CCO4)C3)c12. The van der Waals surface area contributed by atoms with Crippen molar-refractivity contribution in [3.63, 3.8) is 0 Å².